The molecule has 0 aromatic carbocycles. The van der Waals surface area contributed by atoms with Gasteiger partial charge in [0.15, 0.2) is 0 Å². The zero-order valence-electron chi connectivity index (χ0n) is 16.3. The maximum atomic E-state index is 12.6. The standard InChI is InChI=1S/C19H30N6O2/c1-10-14(19(27)25-15-4-5-21-11(2)17(10)15)6-16(26)24-12(3)18-22-8-13(7-20)9-23-18/h11-13,15,17-18,21-23H,4-6,8-9H2,1-3H3,(H,24,26)(H,25,27)/t11?,12-,13?,15?,17?,18?/m1/s1. The number of fused-ring (bicyclic) bond motifs is 1. The van der Waals surface area contributed by atoms with Gasteiger partial charge in [0.25, 0.3) is 0 Å². The Morgan fingerprint density at radius 1 is 1.33 bits per heavy atom. The molecule has 0 aliphatic carbocycles. The van der Waals surface area contributed by atoms with Gasteiger partial charge >= 0.3 is 0 Å². The Bertz CT molecular complexity index is 662. The lowest BCUT2D eigenvalue weighted by atomic mass is 9.76. The van der Waals surface area contributed by atoms with Gasteiger partial charge in [-0.3, -0.25) is 20.2 Å². The molecule has 4 atom stereocenters. The quantitative estimate of drug-likeness (QED) is 0.446. The molecule has 5 N–H and O–H groups in total. The van der Waals surface area contributed by atoms with Crippen LogP contribution < -0.4 is 26.6 Å². The van der Waals surface area contributed by atoms with Crippen LogP contribution in [0.3, 0.4) is 0 Å². The summed E-state index contributed by atoms with van der Waals surface area (Å²) in [6, 6.07) is 2.52. The second-order valence-corrected chi connectivity index (χ2v) is 7.95. The molecule has 0 radical (unpaired) electrons. The second kappa shape index (κ2) is 8.38. The number of carbonyl (C=O) groups is 2. The van der Waals surface area contributed by atoms with Crippen LogP contribution in [0, 0.1) is 23.2 Å². The molecule has 2 fully saturated rings. The maximum Gasteiger partial charge on any atom is 0.247 e. The highest BCUT2D eigenvalue weighted by Gasteiger charge is 2.39. The Hall–Kier alpha value is -1.95. The number of nitrogens with one attached hydrogen (secondary N) is 5. The monoisotopic (exact) mass is 374 g/mol. The lowest BCUT2D eigenvalue weighted by Crippen LogP contribution is -2.61. The van der Waals surface area contributed by atoms with E-state index >= 15 is 0 Å². The molecule has 3 aliphatic heterocycles. The van der Waals surface area contributed by atoms with Crippen molar-refractivity contribution in [1.82, 2.24) is 26.6 Å². The highest BCUT2D eigenvalue weighted by molar-refractivity contribution is 6.00. The van der Waals surface area contributed by atoms with Crippen LogP contribution in [-0.2, 0) is 9.59 Å². The average Bonchev–Trinajstić information content (AvgIpc) is 2.65. The van der Waals surface area contributed by atoms with E-state index in [4.69, 9.17) is 5.26 Å². The zero-order valence-corrected chi connectivity index (χ0v) is 16.3. The van der Waals surface area contributed by atoms with Gasteiger partial charge < -0.3 is 16.0 Å². The van der Waals surface area contributed by atoms with E-state index in [9.17, 15) is 9.59 Å². The minimum Gasteiger partial charge on any atom is -0.350 e. The number of hydrogen-bond acceptors (Lipinski definition) is 6. The summed E-state index contributed by atoms with van der Waals surface area (Å²) in [5.74, 6) is -0.0903. The Morgan fingerprint density at radius 3 is 2.70 bits per heavy atom. The van der Waals surface area contributed by atoms with Crippen molar-refractivity contribution in [2.45, 2.75) is 57.9 Å². The zero-order chi connectivity index (χ0) is 19.6. The molecule has 0 bridgehead atoms. The molecule has 0 aromatic heterocycles. The van der Waals surface area contributed by atoms with Crippen molar-refractivity contribution in [1.29, 1.82) is 5.26 Å². The summed E-state index contributed by atoms with van der Waals surface area (Å²) in [6.45, 7) is 8.15. The first kappa shape index (κ1) is 19.8. The van der Waals surface area contributed by atoms with E-state index in [-0.39, 0.29) is 54.4 Å². The fourth-order valence-electron chi connectivity index (χ4n) is 4.49. The van der Waals surface area contributed by atoms with Gasteiger partial charge in [-0.05, 0) is 33.7 Å². The fraction of sp³-hybridized carbons (Fsp3) is 0.737. The number of hydrogen-bond donors (Lipinski definition) is 5. The maximum absolute atomic E-state index is 12.6. The highest BCUT2D eigenvalue weighted by Crippen LogP contribution is 2.32. The van der Waals surface area contributed by atoms with Crippen molar-refractivity contribution in [2.75, 3.05) is 19.6 Å². The third kappa shape index (κ3) is 4.32. The van der Waals surface area contributed by atoms with E-state index in [1.165, 1.54) is 0 Å². The molecule has 0 saturated carbocycles. The molecule has 3 aliphatic rings. The number of carbonyl (C=O) groups excluding carboxylic acids is 2. The van der Waals surface area contributed by atoms with E-state index < -0.39 is 0 Å². The minimum absolute atomic E-state index is 0.0538. The molecule has 8 nitrogen and oxygen atoms in total. The van der Waals surface area contributed by atoms with Gasteiger partial charge in [0.05, 0.1) is 30.6 Å². The minimum atomic E-state index is -0.159. The first-order valence-electron chi connectivity index (χ1n) is 9.80. The van der Waals surface area contributed by atoms with Crippen LogP contribution in [0.1, 0.15) is 33.6 Å². The van der Waals surface area contributed by atoms with Crippen molar-refractivity contribution >= 4 is 11.8 Å². The van der Waals surface area contributed by atoms with E-state index in [1.54, 1.807) is 0 Å². The predicted molar refractivity (Wildman–Crippen MR) is 101 cm³/mol. The smallest absolute Gasteiger partial charge is 0.247 e. The molecule has 3 unspecified atom stereocenters. The number of piperidine rings is 1. The van der Waals surface area contributed by atoms with Gasteiger partial charge in [-0.15, -0.1) is 0 Å². The average molecular weight is 374 g/mol. The van der Waals surface area contributed by atoms with Gasteiger partial charge in [-0.1, -0.05) is 5.57 Å². The first-order valence-corrected chi connectivity index (χ1v) is 9.80. The summed E-state index contributed by atoms with van der Waals surface area (Å²) in [5, 5.41) is 25.0. The molecule has 3 heterocycles. The molecule has 3 rings (SSSR count). The SMILES string of the molecule is CC1=C(CC(=O)N[C@H](C)C2NCC(C#N)CN2)C(=O)NC2CCNC(C)C12. The lowest BCUT2D eigenvalue weighted by Gasteiger charge is -2.42. The Morgan fingerprint density at radius 2 is 2.04 bits per heavy atom. The Balaban J connectivity index is 1.60. The normalized spacial score (nSPS) is 34.9. The fourth-order valence-corrected chi connectivity index (χ4v) is 4.49. The molecule has 2 saturated heterocycles. The highest BCUT2D eigenvalue weighted by atomic mass is 16.2. The first-order chi connectivity index (χ1) is 12.9. The van der Waals surface area contributed by atoms with E-state index in [1.807, 2.05) is 13.8 Å². The summed E-state index contributed by atoms with van der Waals surface area (Å²) >= 11 is 0. The summed E-state index contributed by atoms with van der Waals surface area (Å²) < 4.78 is 0. The van der Waals surface area contributed by atoms with Gasteiger partial charge in [0.2, 0.25) is 11.8 Å². The Kier molecular flexibility index (Phi) is 6.15. The number of amides is 2. The summed E-state index contributed by atoms with van der Waals surface area (Å²) in [4.78, 5) is 25.1. The van der Waals surface area contributed by atoms with Crippen molar-refractivity contribution in [3.05, 3.63) is 11.1 Å². The van der Waals surface area contributed by atoms with E-state index in [0.717, 1.165) is 18.5 Å². The molecule has 27 heavy (non-hydrogen) atoms. The van der Waals surface area contributed by atoms with Gasteiger partial charge in [-0.2, -0.15) is 5.26 Å². The number of nitriles is 1. The Labute approximate surface area is 160 Å². The van der Waals surface area contributed by atoms with Crippen LogP contribution in [-0.4, -0.2) is 55.7 Å². The van der Waals surface area contributed by atoms with Crippen LogP contribution in [0.5, 0.6) is 0 Å². The van der Waals surface area contributed by atoms with Crippen molar-refractivity contribution in [3.8, 4) is 6.07 Å². The molecule has 0 spiro atoms. The molecular weight excluding hydrogens is 344 g/mol. The number of nitrogens with zero attached hydrogens (tertiary/aromatic N) is 1. The van der Waals surface area contributed by atoms with Crippen molar-refractivity contribution in [3.63, 3.8) is 0 Å². The molecular formula is C19H30N6O2. The van der Waals surface area contributed by atoms with Crippen LogP contribution in [0.25, 0.3) is 0 Å². The molecule has 2 amide bonds. The van der Waals surface area contributed by atoms with Crippen LogP contribution in [0.2, 0.25) is 0 Å². The third-order valence-electron chi connectivity index (χ3n) is 6.04. The summed E-state index contributed by atoms with van der Waals surface area (Å²) in [7, 11) is 0. The summed E-state index contributed by atoms with van der Waals surface area (Å²) in [6.07, 6.45) is 0.920. The molecule has 148 valence electrons. The van der Waals surface area contributed by atoms with Crippen molar-refractivity contribution in [2.24, 2.45) is 11.8 Å². The van der Waals surface area contributed by atoms with Gasteiger partial charge in [-0.25, -0.2) is 0 Å². The summed E-state index contributed by atoms with van der Waals surface area (Å²) in [5.41, 5.74) is 1.61. The van der Waals surface area contributed by atoms with Crippen LogP contribution in [0.15, 0.2) is 11.1 Å². The van der Waals surface area contributed by atoms with Crippen LogP contribution >= 0.6 is 0 Å². The third-order valence-corrected chi connectivity index (χ3v) is 6.04. The van der Waals surface area contributed by atoms with E-state index in [0.29, 0.717) is 18.7 Å². The van der Waals surface area contributed by atoms with Crippen molar-refractivity contribution < 1.29 is 9.59 Å². The topological polar surface area (TPSA) is 118 Å². The lowest BCUT2D eigenvalue weighted by molar-refractivity contribution is -0.124. The molecule has 0 aromatic rings. The van der Waals surface area contributed by atoms with Gasteiger partial charge in [0, 0.05) is 36.7 Å². The molecule has 8 heteroatoms. The predicted octanol–water partition coefficient (Wildman–Crippen LogP) is -0.647. The second-order valence-electron chi connectivity index (χ2n) is 7.95. The van der Waals surface area contributed by atoms with Crippen LogP contribution in [0.4, 0.5) is 0 Å². The number of rotatable bonds is 4. The largest absolute Gasteiger partial charge is 0.350 e. The van der Waals surface area contributed by atoms with Gasteiger partial charge in [0.1, 0.15) is 0 Å². The van der Waals surface area contributed by atoms with E-state index in [2.05, 4.69) is 39.6 Å².